The van der Waals surface area contributed by atoms with Crippen LogP contribution in [0.5, 0.6) is 0 Å². The third-order valence-corrected chi connectivity index (χ3v) is 4.89. The van der Waals surface area contributed by atoms with Crippen LogP contribution in [-0.2, 0) is 0 Å². The molecule has 0 unspecified atom stereocenters. The number of aromatic nitrogens is 1. The van der Waals surface area contributed by atoms with Crippen LogP contribution in [0.4, 0.5) is 21.5 Å². The lowest BCUT2D eigenvalue weighted by Crippen LogP contribution is -2.46. The number of nitrogens with one attached hydrogen (secondary N) is 1. The zero-order chi connectivity index (χ0) is 19.3. The Kier molecular flexibility index (Phi) is 5.19. The monoisotopic (exact) mass is 376 g/mol. The normalized spacial score (nSPS) is 14.0. The van der Waals surface area contributed by atoms with Gasteiger partial charge in [0.1, 0.15) is 5.82 Å². The number of amides is 1. The Morgan fingerprint density at radius 2 is 1.57 bits per heavy atom. The summed E-state index contributed by atoms with van der Waals surface area (Å²) in [5.41, 5.74) is 3.00. The SMILES string of the molecule is O=C(Nc1cc(F)ccc1N1CCN(c2ccccc2)CC1)c1ccncc1. The van der Waals surface area contributed by atoms with Crippen LogP contribution in [0.25, 0.3) is 0 Å². The van der Waals surface area contributed by atoms with Crippen molar-refractivity contribution in [2.45, 2.75) is 0 Å². The average molecular weight is 376 g/mol. The number of carbonyl (C=O) groups is 1. The number of pyridine rings is 1. The lowest BCUT2D eigenvalue weighted by Gasteiger charge is -2.38. The van der Waals surface area contributed by atoms with Gasteiger partial charge in [-0.2, -0.15) is 0 Å². The van der Waals surface area contributed by atoms with Crippen molar-refractivity contribution in [1.29, 1.82) is 0 Å². The van der Waals surface area contributed by atoms with E-state index in [1.54, 1.807) is 30.6 Å². The maximum atomic E-state index is 13.9. The predicted molar refractivity (Wildman–Crippen MR) is 109 cm³/mol. The van der Waals surface area contributed by atoms with Gasteiger partial charge in [-0.1, -0.05) is 18.2 Å². The minimum atomic E-state index is -0.378. The Labute approximate surface area is 163 Å². The van der Waals surface area contributed by atoms with Crippen LogP contribution in [0, 0.1) is 5.82 Å². The lowest BCUT2D eigenvalue weighted by atomic mass is 10.1. The number of nitrogens with zero attached hydrogens (tertiary/aromatic N) is 3. The van der Waals surface area contributed by atoms with E-state index in [0.717, 1.165) is 31.9 Å². The van der Waals surface area contributed by atoms with E-state index < -0.39 is 0 Å². The van der Waals surface area contributed by atoms with Crippen LogP contribution in [-0.4, -0.2) is 37.1 Å². The Hall–Kier alpha value is -3.41. The van der Waals surface area contributed by atoms with E-state index >= 15 is 0 Å². The van der Waals surface area contributed by atoms with Gasteiger partial charge in [0.2, 0.25) is 0 Å². The van der Waals surface area contributed by atoms with Crippen molar-refractivity contribution in [3.63, 3.8) is 0 Å². The molecule has 2 heterocycles. The van der Waals surface area contributed by atoms with Gasteiger partial charge in [-0.3, -0.25) is 9.78 Å². The second kappa shape index (κ2) is 8.08. The smallest absolute Gasteiger partial charge is 0.255 e. The number of hydrogen-bond donors (Lipinski definition) is 1. The second-order valence-corrected chi connectivity index (χ2v) is 6.66. The van der Waals surface area contributed by atoms with Gasteiger partial charge in [0.15, 0.2) is 0 Å². The molecule has 1 saturated heterocycles. The first kappa shape index (κ1) is 18.0. The molecule has 1 aliphatic rings. The van der Waals surface area contributed by atoms with E-state index in [1.165, 1.54) is 17.8 Å². The van der Waals surface area contributed by atoms with E-state index in [4.69, 9.17) is 0 Å². The van der Waals surface area contributed by atoms with Crippen LogP contribution >= 0.6 is 0 Å². The van der Waals surface area contributed by atoms with Crippen molar-refractivity contribution in [3.05, 3.63) is 84.4 Å². The number of hydrogen-bond acceptors (Lipinski definition) is 4. The molecule has 28 heavy (non-hydrogen) atoms. The molecule has 1 amide bonds. The van der Waals surface area contributed by atoms with E-state index in [0.29, 0.717) is 11.3 Å². The highest BCUT2D eigenvalue weighted by Crippen LogP contribution is 2.29. The van der Waals surface area contributed by atoms with Crippen molar-refractivity contribution < 1.29 is 9.18 Å². The molecule has 0 spiro atoms. The van der Waals surface area contributed by atoms with Gasteiger partial charge in [-0.05, 0) is 42.5 Å². The quantitative estimate of drug-likeness (QED) is 0.753. The third-order valence-electron chi connectivity index (χ3n) is 4.89. The molecule has 6 heteroatoms. The van der Waals surface area contributed by atoms with Crippen molar-refractivity contribution in [2.75, 3.05) is 41.3 Å². The molecule has 0 atom stereocenters. The van der Waals surface area contributed by atoms with Crippen molar-refractivity contribution in [1.82, 2.24) is 4.98 Å². The third kappa shape index (κ3) is 3.96. The molecule has 1 aliphatic heterocycles. The highest BCUT2D eigenvalue weighted by molar-refractivity contribution is 6.05. The maximum Gasteiger partial charge on any atom is 0.255 e. The Morgan fingerprint density at radius 3 is 2.29 bits per heavy atom. The molecule has 1 fully saturated rings. The summed E-state index contributed by atoms with van der Waals surface area (Å²) in [5, 5.41) is 2.85. The molecule has 4 rings (SSSR count). The molecule has 0 bridgehead atoms. The number of benzene rings is 2. The van der Waals surface area contributed by atoms with Gasteiger partial charge in [-0.15, -0.1) is 0 Å². The Morgan fingerprint density at radius 1 is 0.893 bits per heavy atom. The van der Waals surface area contributed by atoms with Gasteiger partial charge >= 0.3 is 0 Å². The topological polar surface area (TPSA) is 48.5 Å². The van der Waals surface area contributed by atoms with Crippen LogP contribution < -0.4 is 15.1 Å². The van der Waals surface area contributed by atoms with Crippen LogP contribution in [0.2, 0.25) is 0 Å². The highest BCUT2D eigenvalue weighted by atomic mass is 19.1. The van der Waals surface area contributed by atoms with Gasteiger partial charge in [0.25, 0.3) is 5.91 Å². The first-order chi connectivity index (χ1) is 13.7. The maximum absolute atomic E-state index is 13.9. The summed E-state index contributed by atoms with van der Waals surface area (Å²) in [4.78, 5) is 20.9. The fraction of sp³-hybridized carbons (Fsp3) is 0.182. The van der Waals surface area contributed by atoms with Crippen molar-refractivity contribution in [3.8, 4) is 0 Å². The minimum absolute atomic E-state index is 0.280. The standard InChI is InChI=1S/C22H21FN4O/c23-18-6-7-21(20(16-18)25-22(28)17-8-10-24-11-9-17)27-14-12-26(13-15-27)19-4-2-1-3-5-19/h1-11,16H,12-15H2,(H,25,28). The fourth-order valence-electron chi connectivity index (χ4n) is 3.43. The van der Waals surface area contributed by atoms with Crippen molar-refractivity contribution >= 4 is 23.0 Å². The van der Waals surface area contributed by atoms with Gasteiger partial charge in [-0.25, -0.2) is 4.39 Å². The molecule has 3 aromatic rings. The van der Waals surface area contributed by atoms with E-state index in [1.807, 2.05) is 18.2 Å². The van der Waals surface area contributed by atoms with Crippen LogP contribution in [0.1, 0.15) is 10.4 Å². The molecule has 0 saturated carbocycles. The number of carbonyl (C=O) groups excluding carboxylic acids is 1. The summed E-state index contributed by atoms with van der Waals surface area (Å²) in [6, 6.07) is 18.1. The molecule has 2 aromatic carbocycles. The van der Waals surface area contributed by atoms with E-state index in [2.05, 4.69) is 32.2 Å². The number of para-hydroxylation sites is 1. The average Bonchev–Trinajstić information content (AvgIpc) is 2.75. The number of halogens is 1. The van der Waals surface area contributed by atoms with Gasteiger partial charge in [0, 0.05) is 49.8 Å². The molecule has 142 valence electrons. The second-order valence-electron chi connectivity index (χ2n) is 6.66. The lowest BCUT2D eigenvalue weighted by molar-refractivity contribution is 0.102. The largest absolute Gasteiger partial charge is 0.368 e. The molecule has 5 nitrogen and oxygen atoms in total. The fourth-order valence-corrected chi connectivity index (χ4v) is 3.43. The van der Waals surface area contributed by atoms with Crippen LogP contribution in [0.15, 0.2) is 73.1 Å². The molecular weight excluding hydrogens is 355 g/mol. The summed E-state index contributed by atoms with van der Waals surface area (Å²) in [7, 11) is 0. The molecule has 1 N–H and O–H groups in total. The zero-order valence-corrected chi connectivity index (χ0v) is 15.4. The number of piperazine rings is 1. The van der Waals surface area contributed by atoms with E-state index in [-0.39, 0.29) is 11.7 Å². The van der Waals surface area contributed by atoms with Gasteiger partial charge in [0.05, 0.1) is 11.4 Å². The summed E-state index contributed by atoms with van der Waals surface area (Å²) in [6.45, 7) is 3.30. The summed E-state index contributed by atoms with van der Waals surface area (Å²) in [5.74, 6) is -0.658. The molecule has 1 aromatic heterocycles. The Balaban J connectivity index is 1.50. The zero-order valence-electron chi connectivity index (χ0n) is 15.4. The Bertz CT molecular complexity index is 941. The summed E-state index contributed by atoms with van der Waals surface area (Å²) in [6.07, 6.45) is 3.12. The summed E-state index contributed by atoms with van der Waals surface area (Å²) < 4.78 is 13.9. The van der Waals surface area contributed by atoms with E-state index in [9.17, 15) is 9.18 Å². The first-order valence-electron chi connectivity index (χ1n) is 9.26. The molecular formula is C22H21FN4O. The minimum Gasteiger partial charge on any atom is -0.368 e. The number of anilines is 3. The molecule has 0 aliphatic carbocycles. The van der Waals surface area contributed by atoms with Gasteiger partial charge < -0.3 is 15.1 Å². The number of rotatable bonds is 4. The van der Waals surface area contributed by atoms with Crippen molar-refractivity contribution in [2.24, 2.45) is 0 Å². The predicted octanol–water partition coefficient (Wildman–Crippen LogP) is 3.80. The molecule has 0 radical (unpaired) electrons. The van der Waals surface area contributed by atoms with Crippen LogP contribution in [0.3, 0.4) is 0 Å². The summed E-state index contributed by atoms with van der Waals surface area (Å²) >= 11 is 0. The first-order valence-corrected chi connectivity index (χ1v) is 9.26. The highest BCUT2D eigenvalue weighted by Gasteiger charge is 2.21.